The lowest BCUT2D eigenvalue weighted by Crippen LogP contribution is -2.44. The monoisotopic (exact) mass is 354 g/mol. The summed E-state index contributed by atoms with van der Waals surface area (Å²) in [5.41, 5.74) is 1.53. The zero-order valence-corrected chi connectivity index (χ0v) is 14.6. The van der Waals surface area contributed by atoms with Gasteiger partial charge in [0.25, 0.3) is 0 Å². The zero-order valence-electron chi connectivity index (χ0n) is 13.9. The van der Waals surface area contributed by atoms with E-state index in [1.165, 1.54) is 0 Å². The van der Waals surface area contributed by atoms with Crippen LogP contribution in [-0.4, -0.2) is 22.0 Å². The summed E-state index contributed by atoms with van der Waals surface area (Å²) >= 11 is 5.94. The number of hydrogen-bond donors (Lipinski definition) is 1. The number of para-hydroxylation sites is 1. The fourth-order valence-corrected chi connectivity index (χ4v) is 2.69. The second-order valence-corrected chi connectivity index (χ2v) is 6.54. The van der Waals surface area contributed by atoms with Crippen molar-refractivity contribution in [2.75, 3.05) is 5.32 Å². The summed E-state index contributed by atoms with van der Waals surface area (Å²) in [5, 5.41) is 15.8. The van der Waals surface area contributed by atoms with E-state index in [0.29, 0.717) is 16.7 Å². The molecule has 6 heteroatoms. The lowest BCUT2D eigenvalue weighted by molar-refractivity contribution is -0.307. The van der Waals surface area contributed by atoms with Gasteiger partial charge in [0, 0.05) is 16.0 Å². The molecule has 5 nitrogen and oxygen atoms in total. The van der Waals surface area contributed by atoms with Crippen LogP contribution in [0.4, 0.5) is 5.82 Å². The molecule has 0 spiro atoms. The molecule has 1 N–H and O–H groups in total. The molecule has 3 rings (SSSR count). The summed E-state index contributed by atoms with van der Waals surface area (Å²) in [6.45, 7) is 3.63. The van der Waals surface area contributed by atoms with E-state index in [4.69, 9.17) is 11.6 Å². The average molecular weight is 355 g/mol. The molecule has 0 aliphatic heterocycles. The van der Waals surface area contributed by atoms with Gasteiger partial charge in [0.05, 0.1) is 17.5 Å². The Hall–Kier alpha value is -2.66. The summed E-state index contributed by atoms with van der Waals surface area (Å²) in [6, 6.07) is 13.8. The number of carbonyl (C=O) groups excluding carboxylic acids is 1. The molecule has 0 unspecified atom stereocenters. The Balaban J connectivity index is 2.12. The van der Waals surface area contributed by atoms with E-state index in [2.05, 4.69) is 15.3 Å². The number of fused-ring (bicyclic) bond motifs is 1. The summed E-state index contributed by atoms with van der Waals surface area (Å²) in [6.07, 6.45) is 0. The van der Waals surface area contributed by atoms with Crippen LogP contribution in [0.3, 0.4) is 0 Å². The van der Waals surface area contributed by atoms with Gasteiger partial charge in [0.15, 0.2) is 5.82 Å². The number of aromatic nitrogens is 2. The minimum absolute atomic E-state index is 0.155. The fraction of sp³-hybridized carbons (Fsp3) is 0.211. The summed E-state index contributed by atoms with van der Waals surface area (Å²) in [7, 11) is 0. The molecule has 128 valence electrons. The van der Waals surface area contributed by atoms with Gasteiger partial charge in [-0.05, 0) is 42.3 Å². The van der Waals surface area contributed by atoms with Crippen molar-refractivity contribution in [3.05, 3.63) is 53.6 Å². The van der Waals surface area contributed by atoms with Gasteiger partial charge in [-0.1, -0.05) is 37.6 Å². The topological polar surface area (TPSA) is 77.9 Å². The van der Waals surface area contributed by atoms with Crippen molar-refractivity contribution < 1.29 is 9.90 Å². The molecule has 0 bridgehead atoms. The Morgan fingerprint density at radius 3 is 2.40 bits per heavy atom. The third kappa shape index (κ3) is 3.72. The number of carboxylic acid groups (broad SMARTS) is 1. The maximum Gasteiger partial charge on any atom is 0.162 e. The van der Waals surface area contributed by atoms with Gasteiger partial charge < -0.3 is 15.2 Å². The van der Waals surface area contributed by atoms with Crippen LogP contribution in [0.15, 0.2) is 48.5 Å². The minimum Gasteiger partial charge on any atom is -0.548 e. The van der Waals surface area contributed by atoms with E-state index in [-0.39, 0.29) is 5.92 Å². The number of hydrogen-bond acceptors (Lipinski definition) is 5. The summed E-state index contributed by atoms with van der Waals surface area (Å²) in [4.78, 5) is 20.6. The van der Waals surface area contributed by atoms with Gasteiger partial charge in [-0.25, -0.2) is 9.97 Å². The van der Waals surface area contributed by atoms with Gasteiger partial charge in [-0.2, -0.15) is 0 Å². The van der Waals surface area contributed by atoms with Crippen molar-refractivity contribution in [1.29, 1.82) is 0 Å². The first-order chi connectivity index (χ1) is 12.0. The van der Waals surface area contributed by atoms with Crippen LogP contribution in [0.2, 0.25) is 5.02 Å². The van der Waals surface area contributed by atoms with Crippen LogP contribution < -0.4 is 10.4 Å². The van der Waals surface area contributed by atoms with E-state index in [9.17, 15) is 9.90 Å². The van der Waals surface area contributed by atoms with E-state index in [1.54, 1.807) is 12.1 Å². The fourth-order valence-electron chi connectivity index (χ4n) is 2.56. The quantitative estimate of drug-likeness (QED) is 0.761. The van der Waals surface area contributed by atoms with E-state index in [1.807, 2.05) is 50.2 Å². The lowest BCUT2D eigenvalue weighted by Gasteiger charge is -2.24. The van der Waals surface area contributed by atoms with Crippen LogP contribution in [0.1, 0.15) is 13.8 Å². The van der Waals surface area contributed by atoms with E-state index >= 15 is 0 Å². The number of carboxylic acids is 1. The Morgan fingerprint density at radius 1 is 1.08 bits per heavy atom. The van der Waals surface area contributed by atoms with Crippen molar-refractivity contribution >= 4 is 34.3 Å². The molecule has 0 aliphatic rings. The van der Waals surface area contributed by atoms with Gasteiger partial charge >= 0.3 is 0 Å². The highest BCUT2D eigenvalue weighted by atomic mass is 35.5. The maximum atomic E-state index is 11.4. The van der Waals surface area contributed by atoms with Crippen molar-refractivity contribution in [3.8, 4) is 11.4 Å². The number of rotatable bonds is 5. The molecule has 1 aromatic heterocycles. The number of nitrogens with zero attached hydrogens (tertiary/aromatic N) is 2. The summed E-state index contributed by atoms with van der Waals surface area (Å²) < 4.78 is 0. The van der Waals surface area contributed by atoms with Gasteiger partial charge in [-0.15, -0.1) is 0 Å². The van der Waals surface area contributed by atoms with Crippen molar-refractivity contribution in [3.63, 3.8) is 0 Å². The van der Waals surface area contributed by atoms with Crippen LogP contribution >= 0.6 is 11.6 Å². The molecule has 0 aliphatic carbocycles. The highest BCUT2D eigenvalue weighted by molar-refractivity contribution is 6.30. The Morgan fingerprint density at radius 2 is 1.76 bits per heavy atom. The van der Waals surface area contributed by atoms with Crippen molar-refractivity contribution in [1.82, 2.24) is 9.97 Å². The minimum atomic E-state index is -1.16. The second-order valence-electron chi connectivity index (χ2n) is 6.10. The molecule has 1 atom stereocenters. The molecule has 2 aromatic carbocycles. The molecule has 0 radical (unpaired) electrons. The Labute approximate surface area is 150 Å². The molecule has 0 saturated heterocycles. The molecule has 0 saturated carbocycles. The normalized spacial score (nSPS) is 12.3. The first kappa shape index (κ1) is 17.2. The molecule has 0 fully saturated rings. The van der Waals surface area contributed by atoms with E-state index in [0.717, 1.165) is 16.5 Å². The maximum absolute atomic E-state index is 11.4. The van der Waals surface area contributed by atoms with Crippen LogP contribution in [-0.2, 0) is 4.79 Å². The smallest absolute Gasteiger partial charge is 0.162 e. The average Bonchev–Trinajstić information content (AvgIpc) is 2.59. The third-order valence-electron chi connectivity index (χ3n) is 3.92. The highest BCUT2D eigenvalue weighted by Crippen LogP contribution is 2.26. The number of benzene rings is 2. The van der Waals surface area contributed by atoms with Crippen LogP contribution in [0.25, 0.3) is 22.3 Å². The molecular weight excluding hydrogens is 338 g/mol. The predicted octanol–water partition coefficient (Wildman–Crippen LogP) is 3.14. The number of carbonyl (C=O) groups is 1. The van der Waals surface area contributed by atoms with Gasteiger partial charge in [0.1, 0.15) is 5.82 Å². The predicted molar refractivity (Wildman–Crippen MR) is 97.2 cm³/mol. The van der Waals surface area contributed by atoms with Crippen LogP contribution in [0, 0.1) is 5.92 Å². The Kier molecular flexibility index (Phi) is 4.86. The standard InChI is InChI=1S/C19H18ClN3O2/c1-11(2)16(19(24)25)22-18-14-5-3-4-6-15(14)21-17(23-18)12-7-9-13(20)10-8-12/h3-11,16H,1-2H3,(H,24,25)(H,21,22,23)/p-1/t16-/m1/s1. The Bertz CT molecular complexity index is 910. The van der Waals surface area contributed by atoms with Crippen molar-refractivity contribution in [2.45, 2.75) is 19.9 Å². The SMILES string of the molecule is CC(C)[C@@H](Nc1nc(-c2ccc(Cl)cc2)nc2ccccc12)C(=O)[O-]. The molecule has 1 heterocycles. The van der Waals surface area contributed by atoms with Crippen molar-refractivity contribution in [2.24, 2.45) is 5.92 Å². The van der Waals surface area contributed by atoms with Gasteiger partial charge in [0.2, 0.25) is 0 Å². The third-order valence-corrected chi connectivity index (χ3v) is 4.17. The molecule has 25 heavy (non-hydrogen) atoms. The van der Waals surface area contributed by atoms with Gasteiger partial charge in [-0.3, -0.25) is 0 Å². The number of anilines is 1. The first-order valence-corrected chi connectivity index (χ1v) is 8.33. The lowest BCUT2D eigenvalue weighted by atomic mass is 10.0. The molecule has 0 amide bonds. The summed E-state index contributed by atoms with van der Waals surface area (Å²) in [5.74, 6) is -0.347. The van der Waals surface area contributed by atoms with Crippen LogP contribution in [0.5, 0.6) is 0 Å². The zero-order chi connectivity index (χ0) is 18.0. The van der Waals surface area contributed by atoms with E-state index < -0.39 is 12.0 Å². The number of aliphatic carboxylic acids is 1. The number of halogens is 1. The number of nitrogens with one attached hydrogen (secondary N) is 1. The molecular formula is C19H17ClN3O2-. The highest BCUT2D eigenvalue weighted by Gasteiger charge is 2.17. The molecule has 3 aromatic rings. The largest absolute Gasteiger partial charge is 0.548 e. The second kappa shape index (κ2) is 7.07. The first-order valence-electron chi connectivity index (χ1n) is 7.96.